The number of alkyl halides is 3. The topological polar surface area (TPSA) is 94.0 Å². The van der Waals surface area contributed by atoms with E-state index in [-0.39, 0.29) is 0 Å². The first-order valence-electron chi connectivity index (χ1n) is 8.50. The Balaban J connectivity index is 0.000000804. The third kappa shape index (κ3) is 7.32. The number of carbonyl (C=O) groups excluding carboxylic acids is 1. The molecule has 0 radical (unpaired) electrons. The average molecular weight is 446 g/mol. The van der Waals surface area contributed by atoms with Crippen molar-refractivity contribution < 1.29 is 27.4 Å². The van der Waals surface area contributed by atoms with Crippen LogP contribution in [0.2, 0.25) is 0 Å². The highest BCUT2D eigenvalue weighted by Crippen LogP contribution is 2.40. The summed E-state index contributed by atoms with van der Waals surface area (Å²) >= 11 is 1.23. The Kier molecular flexibility index (Phi) is 9.76. The number of amides is 1. The maximum absolute atomic E-state index is 13.0. The van der Waals surface area contributed by atoms with Gasteiger partial charge in [0.1, 0.15) is 11.5 Å². The molecule has 2 aromatic carbocycles. The lowest BCUT2D eigenvalue weighted by Crippen LogP contribution is -2.26. The van der Waals surface area contributed by atoms with E-state index >= 15 is 0 Å². The molecule has 0 aliphatic carbocycles. The smallest absolute Gasteiger partial charge is 0.416 e. The number of benzene rings is 2. The standard InChI is InChI=1S/C17H19F3N2O2S.C2H6N2O/c1-22(21)13-5-4-6-14(23-2)12(13)10-25-16-9-11(17(18,19)20)7-8-15(16)24-3;1-4(3)2-5/h4-9H,10,21H2,1-3H3;2H,3H2,1H3. The fraction of sp³-hybridized carbons (Fsp3) is 0.316. The molecule has 7 nitrogen and oxygen atoms in total. The molecule has 2 aromatic rings. The number of nitrogens with two attached hydrogens (primary N) is 2. The molecular formula is C19H25F3N4O3S. The predicted molar refractivity (Wildman–Crippen MR) is 111 cm³/mol. The zero-order valence-corrected chi connectivity index (χ0v) is 17.9. The van der Waals surface area contributed by atoms with Crippen molar-refractivity contribution >= 4 is 23.9 Å². The largest absolute Gasteiger partial charge is 0.496 e. The summed E-state index contributed by atoms with van der Waals surface area (Å²) in [5.41, 5.74) is 0.809. The van der Waals surface area contributed by atoms with Gasteiger partial charge in [0.2, 0.25) is 6.41 Å². The van der Waals surface area contributed by atoms with E-state index in [4.69, 9.17) is 21.2 Å². The first-order valence-corrected chi connectivity index (χ1v) is 9.48. The van der Waals surface area contributed by atoms with E-state index in [9.17, 15) is 18.0 Å². The number of thioether (sulfide) groups is 1. The van der Waals surface area contributed by atoms with Crippen molar-refractivity contribution in [2.75, 3.05) is 33.3 Å². The molecular weight excluding hydrogens is 421 g/mol. The van der Waals surface area contributed by atoms with Crippen LogP contribution in [0.4, 0.5) is 18.9 Å². The Hall–Kier alpha value is -2.63. The lowest BCUT2D eigenvalue weighted by atomic mass is 10.2. The van der Waals surface area contributed by atoms with Gasteiger partial charge in [0.15, 0.2) is 0 Å². The summed E-state index contributed by atoms with van der Waals surface area (Å²) in [4.78, 5) is 9.70. The van der Waals surface area contributed by atoms with Gasteiger partial charge in [-0.3, -0.25) is 9.80 Å². The van der Waals surface area contributed by atoms with Gasteiger partial charge >= 0.3 is 6.18 Å². The predicted octanol–water partition coefficient (Wildman–Crippen LogP) is 3.27. The van der Waals surface area contributed by atoms with Crippen LogP contribution in [0.5, 0.6) is 11.5 Å². The minimum Gasteiger partial charge on any atom is -0.496 e. The normalized spacial score (nSPS) is 10.6. The van der Waals surface area contributed by atoms with Crippen LogP contribution < -0.4 is 26.2 Å². The van der Waals surface area contributed by atoms with Gasteiger partial charge in [-0.15, -0.1) is 11.8 Å². The molecule has 30 heavy (non-hydrogen) atoms. The first kappa shape index (κ1) is 25.4. The van der Waals surface area contributed by atoms with E-state index in [1.807, 2.05) is 6.07 Å². The van der Waals surface area contributed by atoms with Crippen LogP contribution in [0, 0.1) is 0 Å². The summed E-state index contributed by atoms with van der Waals surface area (Å²) in [5.74, 6) is 12.0. The second kappa shape index (κ2) is 11.5. The van der Waals surface area contributed by atoms with Gasteiger partial charge in [0.05, 0.1) is 30.4 Å². The molecule has 1 amide bonds. The van der Waals surface area contributed by atoms with Crippen LogP contribution >= 0.6 is 11.8 Å². The molecule has 0 unspecified atom stereocenters. The monoisotopic (exact) mass is 446 g/mol. The molecule has 0 aliphatic heterocycles. The Morgan fingerprint density at radius 1 is 1.07 bits per heavy atom. The molecule has 2 rings (SSSR count). The molecule has 11 heteroatoms. The number of carbonyl (C=O) groups is 1. The van der Waals surface area contributed by atoms with E-state index in [0.717, 1.165) is 28.4 Å². The summed E-state index contributed by atoms with van der Waals surface area (Å²) in [6.07, 6.45) is -3.88. The third-order valence-electron chi connectivity index (χ3n) is 3.74. The highest BCUT2D eigenvalue weighted by molar-refractivity contribution is 7.98. The van der Waals surface area contributed by atoms with E-state index < -0.39 is 11.7 Å². The first-order chi connectivity index (χ1) is 14.0. The Bertz CT molecular complexity index is 833. The quantitative estimate of drug-likeness (QED) is 0.222. The van der Waals surface area contributed by atoms with Crippen molar-refractivity contribution in [3.05, 3.63) is 47.5 Å². The van der Waals surface area contributed by atoms with Crippen molar-refractivity contribution in [1.29, 1.82) is 0 Å². The second-order valence-electron chi connectivity index (χ2n) is 5.99. The third-order valence-corrected chi connectivity index (χ3v) is 4.80. The van der Waals surface area contributed by atoms with Crippen molar-refractivity contribution in [2.24, 2.45) is 11.7 Å². The lowest BCUT2D eigenvalue weighted by molar-refractivity contribution is -0.137. The molecule has 0 fully saturated rings. The van der Waals surface area contributed by atoms with Crippen molar-refractivity contribution in [3.63, 3.8) is 0 Å². The number of hydrogen-bond donors (Lipinski definition) is 2. The Labute approximate surface area is 177 Å². The summed E-state index contributed by atoms with van der Waals surface area (Å²) in [7, 11) is 6.12. The summed E-state index contributed by atoms with van der Waals surface area (Å²) < 4.78 is 49.4. The molecule has 0 saturated carbocycles. The highest BCUT2D eigenvalue weighted by atomic mass is 32.2. The van der Waals surface area contributed by atoms with E-state index in [0.29, 0.717) is 28.6 Å². The van der Waals surface area contributed by atoms with Gasteiger partial charge in [-0.05, 0) is 30.3 Å². The maximum Gasteiger partial charge on any atom is 0.416 e. The molecule has 0 heterocycles. The van der Waals surface area contributed by atoms with Gasteiger partial charge < -0.3 is 14.5 Å². The van der Waals surface area contributed by atoms with Gasteiger partial charge in [0.25, 0.3) is 0 Å². The number of rotatable bonds is 7. The zero-order chi connectivity index (χ0) is 22.9. The van der Waals surface area contributed by atoms with E-state index in [2.05, 4.69) is 0 Å². The zero-order valence-electron chi connectivity index (χ0n) is 17.1. The van der Waals surface area contributed by atoms with Crippen molar-refractivity contribution in [3.8, 4) is 11.5 Å². The SMILES string of the molecule is CN(N)C=O.COc1ccc(C(F)(F)F)cc1SCc1c(OC)cccc1N(C)N. The van der Waals surface area contributed by atoms with Gasteiger partial charge in [-0.2, -0.15) is 13.2 Å². The second-order valence-corrected chi connectivity index (χ2v) is 7.01. The number of halogens is 3. The number of ether oxygens (including phenoxy) is 2. The Morgan fingerprint density at radius 3 is 2.13 bits per heavy atom. The molecule has 0 saturated heterocycles. The van der Waals surface area contributed by atoms with Gasteiger partial charge in [-0.25, -0.2) is 11.7 Å². The summed E-state index contributed by atoms with van der Waals surface area (Å²) in [6, 6.07) is 8.82. The minimum atomic E-state index is -4.41. The number of anilines is 1. The van der Waals surface area contributed by atoms with E-state index in [1.165, 1.54) is 44.1 Å². The van der Waals surface area contributed by atoms with Crippen LogP contribution in [0.25, 0.3) is 0 Å². The van der Waals surface area contributed by atoms with Crippen LogP contribution in [0.1, 0.15) is 11.1 Å². The van der Waals surface area contributed by atoms with Crippen LogP contribution in [0.15, 0.2) is 41.3 Å². The number of nitrogens with zero attached hydrogens (tertiary/aromatic N) is 2. The van der Waals surface area contributed by atoms with Gasteiger partial charge in [-0.1, -0.05) is 6.07 Å². The summed E-state index contributed by atoms with van der Waals surface area (Å²) in [6.45, 7) is 0. The lowest BCUT2D eigenvalue weighted by Gasteiger charge is -2.20. The number of hydrazine groups is 2. The van der Waals surface area contributed by atoms with Crippen LogP contribution in [0.3, 0.4) is 0 Å². The van der Waals surface area contributed by atoms with Crippen molar-refractivity contribution in [2.45, 2.75) is 16.8 Å². The van der Waals surface area contributed by atoms with Crippen LogP contribution in [-0.4, -0.2) is 39.7 Å². The highest BCUT2D eigenvalue weighted by Gasteiger charge is 2.31. The van der Waals surface area contributed by atoms with Crippen molar-refractivity contribution in [1.82, 2.24) is 5.01 Å². The van der Waals surface area contributed by atoms with Gasteiger partial charge in [0, 0.05) is 25.4 Å². The number of methoxy groups -OCH3 is 2. The minimum absolute atomic E-state index is 0.374. The molecule has 166 valence electrons. The average Bonchev–Trinajstić information content (AvgIpc) is 2.71. The van der Waals surface area contributed by atoms with E-state index in [1.54, 1.807) is 19.2 Å². The summed E-state index contributed by atoms with van der Waals surface area (Å²) in [5, 5.41) is 2.39. The van der Waals surface area contributed by atoms with Crippen LogP contribution in [-0.2, 0) is 16.7 Å². The molecule has 0 spiro atoms. The molecule has 0 bridgehead atoms. The number of hydrogen-bond acceptors (Lipinski definition) is 7. The molecule has 0 aliphatic rings. The molecule has 4 N–H and O–H groups in total. The fourth-order valence-corrected chi connectivity index (χ4v) is 3.43. The molecule has 0 aromatic heterocycles. The maximum atomic E-state index is 13.0. The molecule has 0 atom stereocenters. The Morgan fingerprint density at radius 2 is 1.67 bits per heavy atom. The fourth-order valence-electron chi connectivity index (χ4n) is 2.34.